The number of carbonyl (C=O) groups excluding carboxylic acids is 3. The second-order valence-corrected chi connectivity index (χ2v) is 7.36. The predicted octanol–water partition coefficient (Wildman–Crippen LogP) is 2.70. The quantitative estimate of drug-likeness (QED) is 0.618. The van der Waals surface area contributed by atoms with Gasteiger partial charge in [0.25, 0.3) is 11.8 Å². The maximum absolute atomic E-state index is 14.2. The molecule has 34 heavy (non-hydrogen) atoms. The Bertz CT molecular complexity index is 1710. The molecule has 0 aliphatic carbocycles. The molecule has 2 aliphatic rings. The van der Waals surface area contributed by atoms with Gasteiger partial charge in [-0.1, -0.05) is 0 Å². The van der Waals surface area contributed by atoms with Crippen LogP contribution < -0.4 is 20.3 Å². The van der Waals surface area contributed by atoms with Gasteiger partial charge >= 0.3 is 0 Å². The van der Waals surface area contributed by atoms with Crippen LogP contribution >= 0.6 is 0 Å². The van der Waals surface area contributed by atoms with Crippen molar-refractivity contribution >= 4 is 29.1 Å². The molecule has 9 nitrogen and oxygen atoms in total. The minimum absolute atomic E-state index is 0.113. The van der Waals surface area contributed by atoms with Crippen LogP contribution in [0.5, 0.6) is 5.75 Å². The van der Waals surface area contributed by atoms with Crippen LogP contribution in [0, 0.1) is 0 Å². The molecule has 9 heteroatoms. The van der Waals surface area contributed by atoms with Gasteiger partial charge in [0.2, 0.25) is 5.91 Å². The summed E-state index contributed by atoms with van der Waals surface area (Å²) in [6.45, 7) is -5.81. The van der Waals surface area contributed by atoms with Crippen LogP contribution in [-0.2, 0) is 11.2 Å². The molecule has 0 unspecified atom stereocenters. The predicted molar refractivity (Wildman–Crippen MR) is 127 cm³/mol. The van der Waals surface area contributed by atoms with Gasteiger partial charge in [0.1, 0.15) is 11.4 Å². The normalized spacial score (nSPS) is 24.6. The van der Waals surface area contributed by atoms with Gasteiger partial charge < -0.3 is 20.3 Å². The third kappa shape index (κ3) is 3.68. The lowest BCUT2D eigenvalue weighted by molar-refractivity contribution is -0.119. The molecule has 1 fully saturated rings. The van der Waals surface area contributed by atoms with E-state index in [1.807, 2.05) is 0 Å². The monoisotopic (exact) mass is 469 g/mol. The van der Waals surface area contributed by atoms with Gasteiger partial charge in [-0.2, -0.15) is 5.10 Å². The Morgan fingerprint density at radius 3 is 2.32 bits per heavy atom. The molecule has 0 spiro atoms. The Morgan fingerprint density at radius 1 is 1.03 bits per heavy atom. The summed E-state index contributed by atoms with van der Waals surface area (Å²) in [6.07, 6.45) is -3.33. The number of piperidine rings is 1. The van der Waals surface area contributed by atoms with Crippen LogP contribution in [-0.4, -0.2) is 47.6 Å². The van der Waals surface area contributed by atoms with Gasteiger partial charge in [-0.25, -0.2) is 4.68 Å². The Kier molecular flexibility index (Phi) is 3.29. The van der Waals surface area contributed by atoms with Gasteiger partial charge in [-0.05, 0) is 67.6 Å². The van der Waals surface area contributed by atoms with Crippen LogP contribution in [0.15, 0.2) is 48.4 Å². The minimum Gasteiger partial charge on any atom is -0.497 e. The number of amides is 3. The number of carbonyl (C=O) groups is 3. The van der Waals surface area contributed by atoms with Crippen LogP contribution in [0.1, 0.15) is 59.5 Å². The average molecular weight is 470 g/mol. The molecular weight excluding hydrogens is 434 g/mol. The van der Waals surface area contributed by atoms with E-state index in [-0.39, 0.29) is 29.8 Å². The summed E-state index contributed by atoms with van der Waals surface area (Å²) < 4.78 is 92.2. The van der Waals surface area contributed by atoms with Crippen molar-refractivity contribution in [1.29, 1.82) is 0 Å². The topological polar surface area (TPSA) is 111 Å². The van der Waals surface area contributed by atoms with Crippen molar-refractivity contribution in [2.45, 2.75) is 25.6 Å². The van der Waals surface area contributed by atoms with E-state index < -0.39 is 89.6 Å². The Labute approximate surface area is 210 Å². The Hall–Kier alpha value is -4.14. The van der Waals surface area contributed by atoms with Gasteiger partial charge in [0.05, 0.1) is 21.0 Å². The van der Waals surface area contributed by atoms with E-state index in [1.54, 1.807) is 0 Å². The van der Waals surface area contributed by atoms with Crippen molar-refractivity contribution < 1.29 is 32.8 Å². The zero-order valence-electron chi connectivity index (χ0n) is 27.9. The average Bonchev–Trinajstić information content (AvgIpc) is 3.37. The van der Waals surface area contributed by atoms with Crippen LogP contribution in [0.4, 0.5) is 11.4 Å². The number of methoxy groups -OCH3 is 1. The van der Waals surface area contributed by atoms with Crippen LogP contribution in [0.25, 0.3) is 5.69 Å². The van der Waals surface area contributed by atoms with Crippen LogP contribution in [0.3, 0.4) is 0 Å². The summed E-state index contributed by atoms with van der Waals surface area (Å²) in [5.41, 5.74) is 1.73. The Balaban J connectivity index is 1.79. The van der Waals surface area contributed by atoms with E-state index in [0.29, 0.717) is 10.6 Å². The molecule has 2 aromatic carbocycles. The molecule has 174 valence electrons. The largest absolute Gasteiger partial charge is 0.497 e. The number of nitrogens with zero attached hydrogens (tertiary/aromatic N) is 4. The molecule has 0 radical (unpaired) electrons. The standard InChI is InChI=1S/C25H25N5O4/c1-34-19-11-9-18(10-12-19)30-23-20(22(27-30)24(26)32)13-15-29(25(23)33)17-7-5-16(6-8-17)28-14-3-2-4-21(28)31/h5-12H,2-4,13-15H2,1H3,(H2,26,32)/i5D,6D,7D,8D,13D2,14D2,15D2. The highest BCUT2D eigenvalue weighted by Gasteiger charge is 2.34. The van der Waals surface area contributed by atoms with E-state index >= 15 is 0 Å². The maximum atomic E-state index is 14.2. The fourth-order valence-electron chi connectivity index (χ4n) is 3.60. The number of anilines is 2. The number of hydrogen-bond acceptors (Lipinski definition) is 5. The lowest BCUT2D eigenvalue weighted by atomic mass is 10.0. The molecule has 1 saturated heterocycles. The van der Waals surface area contributed by atoms with E-state index in [0.717, 1.165) is 4.68 Å². The molecule has 2 aliphatic heterocycles. The zero-order valence-corrected chi connectivity index (χ0v) is 17.9. The first-order valence-electron chi connectivity index (χ1n) is 15.3. The second-order valence-electron chi connectivity index (χ2n) is 7.36. The summed E-state index contributed by atoms with van der Waals surface area (Å²) in [6, 6.07) is 1.84. The van der Waals surface area contributed by atoms with Crippen molar-refractivity contribution in [3.8, 4) is 11.4 Å². The van der Waals surface area contributed by atoms with E-state index in [2.05, 4.69) is 5.10 Å². The van der Waals surface area contributed by atoms with Gasteiger partial charge in [0, 0.05) is 41.8 Å². The van der Waals surface area contributed by atoms with Crippen molar-refractivity contribution in [2.24, 2.45) is 5.73 Å². The lowest BCUT2D eigenvalue weighted by Gasteiger charge is -2.29. The first-order valence-corrected chi connectivity index (χ1v) is 10.3. The number of fused-ring (bicyclic) bond motifs is 1. The summed E-state index contributed by atoms with van der Waals surface area (Å²) in [5, 5.41) is 4.03. The number of hydrogen-bond donors (Lipinski definition) is 1. The molecule has 3 amide bonds. The minimum atomic E-state index is -3.45. The number of rotatable bonds is 5. The maximum Gasteiger partial charge on any atom is 0.277 e. The number of ether oxygens (including phenoxy) is 1. The summed E-state index contributed by atoms with van der Waals surface area (Å²) in [5.74, 6) is -3.01. The lowest BCUT2D eigenvalue weighted by Crippen LogP contribution is -2.39. The second kappa shape index (κ2) is 8.66. The fourth-order valence-corrected chi connectivity index (χ4v) is 3.60. The molecule has 5 rings (SSSR count). The van der Waals surface area contributed by atoms with Crippen molar-refractivity contribution in [1.82, 2.24) is 9.78 Å². The first kappa shape index (κ1) is 12.9. The Morgan fingerprint density at radius 2 is 1.71 bits per heavy atom. The number of aromatic nitrogens is 2. The third-order valence-corrected chi connectivity index (χ3v) is 5.27. The number of primary amides is 1. The SMILES string of the molecule is [2H]c1c([2H])c(N2C(=O)c3c(c(C(N)=O)nn3-c3ccc(OC)cc3)C([2H])([2H])C2([2H])[2H])c([2H])c([2H])c1N1C(=O)CCCC1([2H])[2H]. The highest BCUT2D eigenvalue weighted by molar-refractivity contribution is 6.09. The molecular formula is C25H25N5O4. The molecule has 0 bridgehead atoms. The molecule has 1 aromatic heterocycles. The van der Waals surface area contributed by atoms with Gasteiger partial charge in [-0.15, -0.1) is 0 Å². The fraction of sp³-hybridized carbons (Fsp3) is 0.280. The first-order chi connectivity index (χ1) is 20.4. The van der Waals surface area contributed by atoms with E-state index in [4.69, 9.17) is 24.2 Å². The summed E-state index contributed by atoms with van der Waals surface area (Å²) in [4.78, 5) is 40.0. The number of benzene rings is 2. The smallest absolute Gasteiger partial charge is 0.277 e. The molecule has 3 heterocycles. The number of nitrogens with two attached hydrogens (primary N) is 1. The summed E-state index contributed by atoms with van der Waals surface area (Å²) >= 11 is 0. The van der Waals surface area contributed by atoms with Gasteiger partial charge in [0.15, 0.2) is 5.69 Å². The van der Waals surface area contributed by atoms with E-state index in [9.17, 15) is 14.4 Å². The summed E-state index contributed by atoms with van der Waals surface area (Å²) in [7, 11) is 1.41. The van der Waals surface area contributed by atoms with E-state index in [1.165, 1.54) is 31.4 Å². The molecule has 2 N–H and O–H groups in total. The van der Waals surface area contributed by atoms with Crippen molar-refractivity contribution in [3.63, 3.8) is 0 Å². The van der Waals surface area contributed by atoms with Crippen LogP contribution in [0.2, 0.25) is 0 Å². The molecule has 0 saturated carbocycles. The zero-order chi connectivity index (χ0) is 32.7. The molecule has 3 aromatic rings. The third-order valence-electron chi connectivity index (χ3n) is 5.27. The van der Waals surface area contributed by atoms with Crippen molar-refractivity contribution in [3.05, 3.63) is 65.4 Å². The van der Waals surface area contributed by atoms with Crippen molar-refractivity contribution in [2.75, 3.05) is 29.9 Å². The molecule has 0 atom stereocenters. The van der Waals surface area contributed by atoms with Gasteiger partial charge in [-0.3, -0.25) is 14.4 Å². The highest BCUT2D eigenvalue weighted by Crippen LogP contribution is 2.31. The highest BCUT2D eigenvalue weighted by atomic mass is 16.5.